The van der Waals surface area contributed by atoms with E-state index in [0.717, 1.165) is 35.8 Å². The Hall–Kier alpha value is -2.76. The molecule has 2 aromatic rings. The average molecular weight is 386 g/mol. The minimum atomic E-state index is 0.243. The largest absolute Gasteiger partial charge is 0.493 e. The summed E-state index contributed by atoms with van der Waals surface area (Å²) in [7, 11) is 3.31. The van der Waals surface area contributed by atoms with Crippen molar-refractivity contribution < 1.29 is 28.4 Å². The van der Waals surface area contributed by atoms with Gasteiger partial charge < -0.3 is 28.4 Å². The highest BCUT2D eigenvalue weighted by atomic mass is 16.7. The van der Waals surface area contributed by atoms with E-state index in [4.69, 9.17) is 28.4 Å². The molecular formula is C22H26O6. The molecule has 28 heavy (non-hydrogen) atoms. The summed E-state index contributed by atoms with van der Waals surface area (Å²) in [4.78, 5) is 0. The second-order valence-electron chi connectivity index (χ2n) is 7.43. The Kier molecular flexibility index (Phi) is 5.11. The van der Waals surface area contributed by atoms with Gasteiger partial charge >= 0.3 is 0 Å². The van der Waals surface area contributed by atoms with Crippen molar-refractivity contribution in [2.24, 2.45) is 11.8 Å². The van der Waals surface area contributed by atoms with E-state index in [0.29, 0.717) is 23.3 Å². The molecule has 0 unspecified atom stereocenters. The van der Waals surface area contributed by atoms with Crippen LogP contribution in [0.25, 0.3) is 0 Å². The Morgan fingerprint density at radius 2 is 1.14 bits per heavy atom. The summed E-state index contributed by atoms with van der Waals surface area (Å²) < 4.78 is 33.0. The van der Waals surface area contributed by atoms with Crippen LogP contribution in [-0.2, 0) is 12.8 Å². The molecule has 0 saturated heterocycles. The number of rotatable bonds is 7. The molecule has 2 heterocycles. The van der Waals surface area contributed by atoms with Gasteiger partial charge in [-0.15, -0.1) is 0 Å². The smallest absolute Gasteiger partial charge is 0.231 e. The van der Waals surface area contributed by atoms with Crippen LogP contribution >= 0.6 is 0 Å². The minimum absolute atomic E-state index is 0.243. The zero-order valence-corrected chi connectivity index (χ0v) is 16.7. The minimum Gasteiger partial charge on any atom is -0.493 e. The second kappa shape index (κ2) is 7.70. The van der Waals surface area contributed by atoms with Gasteiger partial charge in [-0.05, 0) is 60.1 Å². The molecule has 2 aliphatic rings. The molecule has 2 aromatic carbocycles. The molecule has 0 saturated carbocycles. The lowest BCUT2D eigenvalue weighted by molar-refractivity contribution is 0.171. The predicted octanol–water partition coefficient (Wildman–Crippen LogP) is 4.22. The molecule has 0 spiro atoms. The van der Waals surface area contributed by atoms with Crippen molar-refractivity contribution in [3.8, 4) is 34.5 Å². The van der Waals surface area contributed by atoms with E-state index < -0.39 is 0 Å². The molecule has 150 valence electrons. The van der Waals surface area contributed by atoms with E-state index in [1.54, 1.807) is 14.2 Å². The number of fused-ring (bicyclic) bond motifs is 2. The lowest BCUT2D eigenvalue weighted by Crippen LogP contribution is -2.14. The van der Waals surface area contributed by atoms with E-state index in [2.05, 4.69) is 26.0 Å². The third kappa shape index (κ3) is 3.51. The van der Waals surface area contributed by atoms with Crippen LogP contribution in [0.1, 0.15) is 25.0 Å². The number of methoxy groups -OCH3 is 2. The fraction of sp³-hybridized carbons (Fsp3) is 0.455. The maximum atomic E-state index is 5.55. The fourth-order valence-electron chi connectivity index (χ4n) is 3.75. The summed E-state index contributed by atoms with van der Waals surface area (Å²) in [6.45, 7) is 5.03. The first-order valence-corrected chi connectivity index (χ1v) is 9.52. The second-order valence-corrected chi connectivity index (χ2v) is 7.43. The van der Waals surface area contributed by atoms with Crippen LogP contribution in [0.5, 0.6) is 34.5 Å². The molecule has 0 bridgehead atoms. The monoisotopic (exact) mass is 386 g/mol. The standard InChI is InChI=1S/C22H26O6/c1-13(5-15-7-17(23-3)21-19(9-15)25-11-27-21)14(2)6-16-8-18(24-4)22-20(10-16)26-12-28-22/h7-10,13-14H,5-6,11-12H2,1-4H3/t13-,14-/m0/s1. The summed E-state index contributed by atoms with van der Waals surface area (Å²) in [5, 5.41) is 0. The van der Waals surface area contributed by atoms with Gasteiger partial charge in [-0.25, -0.2) is 0 Å². The normalized spacial score (nSPS) is 16.0. The highest BCUT2D eigenvalue weighted by molar-refractivity contribution is 5.56. The van der Waals surface area contributed by atoms with Crippen molar-refractivity contribution in [3.63, 3.8) is 0 Å². The molecule has 4 rings (SSSR count). The molecule has 2 aliphatic heterocycles. The highest BCUT2D eigenvalue weighted by Gasteiger charge is 2.24. The predicted molar refractivity (Wildman–Crippen MR) is 104 cm³/mol. The molecule has 6 nitrogen and oxygen atoms in total. The van der Waals surface area contributed by atoms with Crippen LogP contribution < -0.4 is 28.4 Å². The van der Waals surface area contributed by atoms with Gasteiger partial charge in [-0.1, -0.05) is 13.8 Å². The van der Waals surface area contributed by atoms with Crippen molar-refractivity contribution in [3.05, 3.63) is 35.4 Å². The first-order chi connectivity index (χ1) is 13.6. The van der Waals surface area contributed by atoms with E-state index in [-0.39, 0.29) is 13.6 Å². The van der Waals surface area contributed by atoms with Gasteiger partial charge in [0.2, 0.25) is 25.1 Å². The van der Waals surface area contributed by atoms with E-state index >= 15 is 0 Å². The van der Waals surface area contributed by atoms with Gasteiger partial charge in [-0.2, -0.15) is 0 Å². The first-order valence-electron chi connectivity index (χ1n) is 9.52. The van der Waals surface area contributed by atoms with E-state index in [1.165, 1.54) is 11.1 Å². The molecule has 0 radical (unpaired) electrons. The third-order valence-corrected chi connectivity index (χ3v) is 5.52. The van der Waals surface area contributed by atoms with E-state index in [1.807, 2.05) is 12.1 Å². The number of hydrogen-bond donors (Lipinski definition) is 0. The van der Waals surface area contributed by atoms with Crippen LogP contribution in [-0.4, -0.2) is 27.8 Å². The Morgan fingerprint density at radius 3 is 1.54 bits per heavy atom. The van der Waals surface area contributed by atoms with Crippen LogP contribution in [0.4, 0.5) is 0 Å². The van der Waals surface area contributed by atoms with Gasteiger partial charge in [0.1, 0.15) is 0 Å². The van der Waals surface area contributed by atoms with Crippen molar-refractivity contribution in [2.45, 2.75) is 26.7 Å². The molecule has 2 atom stereocenters. The molecule has 0 amide bonds. The van der Waals surface area contributed by atoms with Crippen LogP contribution in [0.15, 0.2) is 24.3 Å². The molecular weight excluding hydrogens is 360 g/mol. The van der Waals surface area contributed by atoms with E-state index in [9.17, 15) is 0 Å². The molecule has 6 heteroatoms. The number of ether oxygens (including phenoxy) is 6. The lowest BCUT2D eigenvalue weighted by Gasteiger charge is -2.21. The Labute approximate surface area is 165 Å². The summed E-state index contributed by atoms with van der Waals surface area (Å²) >= 11 is 0. The molecule has 0 N–H and O–H groups in total. The summed E-state index contributed by atoms with van der Waals surface area (Å²) in [5.41, 5.74) is 2.37. The number of benzene rings is 2. The molecule has 0 fully saturated rings. The van der Waals surface area contributed by atoms with Gasteiger partial charge in [-0.3, -0.25) is 0 Å². The van der Waals surface area contributed by atoms with Crippen LogP contribution in [0.2, 0.25) is 0 Å². The zero-order valence-electron chi connectivity index (χ0n) is 16.7. The SMILES string of the molecule is COc1cc(C[C@H](C)[C@@H](C)Cc2cc(OC)c3c(c2)OCO3)cc2c1OCO2. The van der Waals surface area contributed by atoms with Gasteiger partial charge in [0, 0.05) is 0 Å². The third-order valence-electron chi connectivity index (χ3n) is 5.52. The van der Waals surface area contributed by atoms with Crippen LogP contribution in [0, 0.1) is 11.8 Å². The molecule has 0 aliphatic carbocycles. The van der Waals surface area contributed by atoms with Gasteiger partial charge in [0.25, 0.3) is 0 Å². The van der Waals surface area contributed by atoms with Crippen molar-refractivity contribution in [2.75, 3.05) is 27.8 Å². The summed E-state index contributed by atoms with van der Waals surface area (Å²) in [6.07, 6.45) is 1.85. The van der Waals surface area contributed by atoms with Gasteiger partial charge in [0.15, 0.2) is 23.0 Å². The quantitative estimate of drug-likeness (QED) is 0.710. The Balaban J connectivity index is 1.47. The first kappa shape index (κ1) is 18.6. The molecule has 0 aromatic heterocycles. The Morgan fingerprint density at radius 1 is 0.714 bits per heavy atom. The summed E-state index contributed by atoms with van der Waals surface area (Å²) in [5.74, 6) is 5.28. The highest BCUT2D eigenvalue weighted by Crippen LogP contribution is 2.44. The lowest BCUT2D eigenvalue weighted by atomic mass is 9.85. The van der Waals surface area contributed by atoms with Gasteiger partial charge in [0.05, 0.1) is 14.2 Å². The maximum absolute atomic E-state index is 5.55. The van der Waals surface area contributed by atoms with Crippen molar-refractivity contribution >= 4 is 0 Å². The Bertz CT molecular complexity index is 791. The fourth-order valence-corrected chi connectivity index (χ4v) is 3.75. The summed E-state index contributed by atoms with van der Waals surface area (Å²) in [6, 6.07) is 8.19. The topological polar surface area (TPSA) is 55.4 Å². The average Bonchev–Trinajstić information content (AvgIpc) is 3.35. The zero-order chi connectivity index (χ0) is 19.7. The van der Waals surface area contributed by atoms with Crippen molar-refractivity contribution in [1.29, 1.82) is 0 Å². The maximum Gasteiger partial charge on any atom is 0.231 e. The number of hydrogen-bond acceptors (Lipinski definition) is 6. The van der Waals surface area contributed by atoms with Crippen LogP contribution in [0.3, 0.4) is 0 Å². The van der Waals surface area contributed by atoms with Crippen molar-refractivity contribution in [1.82, 2.24) is 0 Å².